The van der Waals surface area contributed by atoms with Crippen LogP contribution >= 0.6 is 0 Å². The third-order valence-electron chi connectivity index (χ3n) is 9.06. The largest absolute Gasteiger partial charge is 0.340 e. The Morgan fingerprint density at radius 2 is 1.30 bits per heavy atom. The maximum absolute atomic E-state index is 15.0. The molecule has 7 aromatic rings. The predicted molar refractivity (Wildman–Crippen MR) is 163 cm³/mol. The number of imidazole rings is 2. The summed E-state index contributed by atoms with van der Waals surface area (Å²) in [7, 11) is 0. The zero-order valence-electron chi connectivity index (χ0n) is 22.9. The van der Waals surface area contributed by atoms with Gasteiger partial charge in [0.2, 0.25) is 17.7 Å². The minimum atomic E-state index is -1.48. The molecule has 3 aliphatic heterocycles. The van der Waals surface area contributed by atoms with E-state index in [0.717, 1.165) is 5.56 Å². The van der Waals surface area contributed by atoms with Crippen molar-refractivity contribution in [2.45, 2.75) is 17.6 Å². The van der Waals surface area contributed by atoms with E-state index in [4.69, 9.17) is 9.97 Å². The Bertz CT molecular complexity index is 2400. The van der Waals surface area contributed by atoms with Gasteiger partial charge in [0.15, 0.2) is 17.6 Å². The summed E-state index contributed by atoms with van der Waals surface area (Å²) in [5.41, 5.74) is 1.03. The minimum absolute atomic E-state index is 0.267. The highest BCUT2D eigenvalue weighted by atomic mass is 16.2. The van der Waals surface area contributed by atoms with E-state index >= 15 is 4.79 Å². The smallest absolute Gasteiger partial charge is 0.329 e. The first-order chi connectivity index (χ1) is 21.6. The normalized spacial score (nSPS) is 23.3. The lowest BCUT2D eigenvalue weighted by molar-refractivity contribution is 0.0768. The van der Waals surface area contributed by atoms with Gasteiger partial charge < -0.3 is 10.6 Å². The molecule has 212 valence electrons. The van der Waals surface area contributed by atoms with E-state index in [1.165, 1.54) is 4.40 Å². The van der Waals surface area contributed by atoms with E-state index in [1.54, 1.807) is 14.0 Å². The number of anilines is 2. The molecule has 3 aliphatic rings. The monoisotopic (exact) mass is 578 g/mol. The molecule has 0 radical (unpaired) electrons. The zero-order chi connectivity index (χ0) is 29.2. The minimum Gasteiger partial charge on any atom is -0.329 e. The van der Waals surface area contributed by atoms with Gasteiger partial charge in [0.1, 0.15) is 0 Å². The first-order valence-corrected chi connectivity index (χ1v) is 14.3. The molecule has 3 atom stereocenters. The molecule has 1 saturated heterocycles. The quantitative estimate of drug-likeness (QED) is 0.284. The second kappa shape index (κ2) is 7.88. The van der Waals surface area contributed by atoms with E-state index in [9.17, 15) is 4.79 Å². The van der Waals surface area contributed by atoms with Gasteiger partial charge in [-0.3, -0.25) is 4.90 Å². The molecule has 12 nitrogen and oxygen atoms in total. The third kappa shape index (κ3) is 2.57. The van der Waals surface area contributed by atoms with Gasteiger partial charge in [0.25, 0.3) is 0 Å². The van der Waals surface area contributed by atoms with Gasteiger partial charge in [-0.05, 0) is 29.8 Å². The van der Waals surface area contributed by atoms with E-state index < -0.39 is 17.6 Å². The highest BCUT2D eigenvalue weighted by Gasteiger charge is 2.73. The van der Waals surface area contributed by atoms with E-state index in [0.29, 0.717) is 33.6 Å². The fraction of sp³-hybridized carbons (Fsp3) is 0.0938. The average Bonchev–Trinajstić information content (AvgIpc) is 3.77. The second-order valence-corrected chi connectivity index (χ2v) is 11.2. The Morgan fingerprint density at radius 1 is 0.659 bits per heavy atom. The van der Waals surface area contributed by atoms with Crippen molar-refractivity contribution in [3.63, 3.8) is 0 Å². The van der Waals surface area contributed by atoms with Crippen molar-refractivity contribution in [3.8, 4) is 0 Å². The number of hydrogen-bond acceptors (Lipinski definition) is 8. The van der Waals surface area contributed by atoms with Crippen molar-refractivity contribution in [1.82, 2.24) is 38.7 Å². The molecule has 1 amide bonds. The standard InChI is InChI=1S/C32H22N10O2/c43-29-39-23-17-9-7-15-21(23)33-25(39)35-27-37-31(19-11-3-1-4-12-19)32(41(27)29,20-13-5-2-6-14-20)42-28(38-31)36-26-34-22-16-8-10-18-24(22)40(26)30(42)44/h1-18,27,37H,(H,33,35)(H,34,36,38)/t27?,31-,32+/m1/s1. The number of benzene rings is 4. The first-order valence-electron chi connectivity index (χ1n) is 14.3. The number of rotatable bonds is 2. The van der Waals surface area contributed by atoms with Crippen molar-refractivity contribution in [2.24, 2.45) is 0 Å². The average molecular weight is 579 g/mol. The predicted octanol–water partition coefficient (Wildman–Crippen LogP) is 3.66. The number of carbonyl (C=O) groups excluding carboxylic acids is 1. The number of hydrogen-bond donors (Lipinski definition) is 3. The topological polar surface area (TPSA) is 126 Å². The molecule has 44 heavy (non-hydrogen) atoms. The number of aromatic nitrogens is 6. The Kier molecular flexibility index (Phi) is 4.21. The molecule has 3 N–H and O–H groups in total. The molecule has 3 aromatic heterocycles. The molecule has 0 saturated carbocycles. The van der Waals surface area contributed by atoms with Crippen molar-refractivity contribution in [2.75, 3.05) is 10.6 Å². The van der Waals surface area contributed by atoms with Crippen molar-refractivity contribution in [1.29, 1.82) is 0 Å². The molecule has 1 unspecified atom stereocenters. The van der Waals surface area contributed by atoms with Gasteiger partial charge in [-0.25, -0.2) is 38.4 Å². The fourth-order valence-electron chi connectivity index (χ4n) is 7.39. The van der Waals surface area contributed by atoms with Crippen molar-refractivity contribution < 1.29 is 4.79 Å². The van der Waals surface area contributed by atoms with Gasteiger partial charge >= 0.3 is 11.7 Å². The van der Waals surface area contributed by atoms with Gasteiger partial charge in [-0.2, -0.15) is 4.98 Å². The Balaban J connectivity index is 1.37. The summed E-state index contributed by atoms with van der Waals surface area (Å²) in [6, 6.07) is 34.0. The maximum atomic E-state index is 15.0. The number of nitrogens with one attached hydrogen (secondary N) is 3. The molecule has 4 aromatic carbocycles. The van der Waals surface area contributed by atoms with Crippen LogP contribution in [0.15, 0.2) is 114 Å². The summed E-state index contributed by atoms with van der Waals surface area (Å²) in [6.07, 6.45) is -0.755. The number of carbonyl (C=O) groups is 1. The van der Waals surface area contributed by atoms with Gasteiger partial charge in [0.05, 0.1) is 22.1 Å². The summed E-state index contributed by atoms with van der Waals surface area (Å²) >= 11 is 0. The summed E-state index contributed by atoms with van der Waals surface area (Å²) in [4.78, 5) is 46.0. The molecular formula is C32H22N10O2. The van der Waals surface area contributed by atoms with Crippen LogP contribution in [0.2, 0.25) is 0 Å². The lowest BCUT2D eigenvalue weighted by Crippen LogP contribution is -2.64. The molecule has 10 rings (SSSR count). The van der Waals surface area contributed by atoms with Gasteiger partial charge in [-0.15, -0.1) is 0 Å². The molecule has 0 spiro atoms. The number of nitrogens with zero attached hydrogens (tertiary/aromatic N) is 7. The molecular weight excluding hydrogens is 556 g/mol. The molecule has 1 fully saturated rings. The van der Waals surface area contributed by atoms with Crippen LogP contribution in [-0.2, 0) is 11.3 Å². The van der Waals surface area contributed by atoms with Crippen LogP contribution in [0.25, 0.3) is 27.8 Å². The van der Waals surface area contributed by atoms with Crippen LogP contribution in [0.5, 0.6) is 0 Å². The van der Waals surface area contributed by atoms with Crippen LogP contribution in [0.1, 0.15) is 11.1 Å². The lowest BCUT2D eigenvalue weighted by atomic mass is 9.81. The molecule has 0 aliphatic carbocycles. The van der Waals surface area contributed by atoms with Crippen LogP contribution < -0.4 is 21.6 Å². The molecule has 6 heterocycles. The summed E-state index contributed by atoms with van der Waals surface area (Å²) < 4.78 is 4.69. The van der Waals surface area contributed by atoms with Crippen LogP contribution in [0, 0.1) is 0 Å². The Labute approximate surface area is 248 Å². The number of amides is 1. The highest BCUT2D eigenvalue weighted by Crippen LogP contribution is 2.56. The van der Waals surface area contributed by atoms with Gasteiger partial charge in [-0.1, -0.05) is 84.9 Å². The number of fused-ring (bicyclic) bond motifs is 11. The second-order valence-electron chi connectivity index (χ2n) is 11.2. The zero-order valence-corrected chi connectivity index (χ0v) is 22.9. The molecule has 0 bridgehead atoms. The van der Waals surface area contributed by atoms with E-state index in [-0.39, 0.29) is 23.4 Å². The Hall–Kier alpha value is -6.01. The van der Waals surface area contributed by atoms with Crippen LogP contribution in [0.4, 0.5) is 16.7 Å². The highest BCUT2D eigenvalue weighted by molar-refractivity contribution is 5.95. The van der Waals surface area contributed by atoms with Crippen LogP contribution in [-0.4, -0.2) is 45.7 Å². The summed E-state index contributed by atoms with van der Waals surface area (Å²) in [5, 5.41) is 10.8. The summed E-state index contributed by atoms with van der Waals surface area (Å²) in [6.45, 7) is 0. The van der Waals surface area contributed by atoms with Crippen LogP contribution in [0.3, 0.4) is 0 Å². The molecule has 12 heteroatoms. The maximum Gasteiger partial charge on any atom is 0.340 e. The first kappa shape index (κ1) is 23.5. The lowest BCUT2D eigenvalue weighted by Gasteiger charge is -2.45. The van der Waals surface area contributed by atoms with E-state index in [1.807, 2.05) is 109 Å². The van der Waals surface area contributed by atoms with Crippen molar-refractivity contribution >= 4 is 45.8 Å². The van der Waals surface area contributed by atoms with Gasteiger partial charge in [0, 0.05) is 5.56 Å². The number of para-hydroxylation sites is 4. The summed E-state index contributed by atoms with van der Waals surface area (Å²) in [5.74, 6) is 0.965. The van der Waals surface area contributed by atoms with Crippen molar-refractivity contribution in [3.05, 3.63) is 131 Å². The fourth-order valence-corrected chi connectivity index (χ4v) is 7.39. The van der Waals surface area contributed by atoms with E-state index in [2.05, 4.69) is 20.9 Å². The Morgan fingerprint density at radius 3 is 2.05 bits per heavy atom. The third-order valence-corrected chi connectivity index (χ3v) is 9.06. The SMILES string of the molecule is O=C1N2C(Nc3nc4ccccc4n31)N[C@]1(c3ccccc3)Nc3nc4nc5ccccc5n4c(=O)n3[C@]21c1ccccc1.